The molecule has 43 heavy (non-hydrogen) atoms. The van der Waals surface area contributed by atoms with Gasteiger partial charge >= 0.3 is 12.1 Å². The summed E-state index contributed by atoms with van der Waals surface area (Å²) < 4.78 is 6.30. The van der Waals surface area contributed by atoms with Crippen LogP contribution in [0.25, 0.3) is 10.8 Å². The van der Waals surface area contributed by atoms with Crippen LogP contribution in [0.1, 0.15) is 54.8 Å². The maximum Gasteiger partial charge on any atom is 0.407 e. The zero-order valence-electron chi connectivity index (χ0n) is 24.8. The van der Waals surface area contributed by atoms with Gasteiger partial charge in [0.15, 0.2) is 0 Å². The van der Waals surface area contributed by atoms with Gasteiger partial charge in [0.1, 0.15) is 12.4 Å². The van der Waals surface area contributed by atoms with Gasteiger partial charge in [-0.15, -0.1) is 0 Å². The average molecular weight is 582 g/mol. The van der Waals surface area contributed by atoms with Gasteiger partial charge in [0.2, 0.25) is 0 Å². The first kappa shape index (κ1) is 27.7. The highest BCUT2D eigenvalue weighted by molar-refractivity contribution is 5.97. The maximum absolute atomic E-state index is 11.9. The Morgan fingerprint density at radius 3 is 2.63 bits per heavy atom. The lowest BCUT2D eigenvalue weighted by Crippen LogP contribution is -2.55. The molecule has 1 saturated carbocycles. The topological polar surface area (TPSA) is 109 Å². The Balaban J connectivity index is 1.23. The van der Waals surface area contributed by atoms with E-state index in [9.17, 15) is 15.2 Å². The molecule has 4 aliphatic rings. The number of rotatable bonds is 7. The lowest BCUT2D eigenvalue weighted by Gasteiger charge is -2.41. The Bertz CT molecular complexity index is 1560. The minimum absolute atomic E-state index is 0.144. The van der Waals surface area contributed by atoms with E-state index in [0.717, 1.165) is 49.4 Å². The van der Waals surface area contributed by atoms with Gasteiger partial charge in [-0.05, 0) is 68.6 Å². The number of benzene rings is 2. The molecule has 3 aliphatic heterocycles. The van der Waals surface area contributed by atoms with E-state index >= 15 is 0 Å². The third kappa shape index (κ3) is 5.42. The molecule has 0 spiro atoms. The van der Waals surface area contributed by atoms with Crippen molar-refractivity contribution in [2.24, 2.45) is 0 Å². The van der Waals surface area contributed by atoms with Crippen LogP contribution in [0.5, 0.6) is 6.01 Å². The minimum atomic E-state index is -0.981. The fourth-order valence-corrected chi connectivity index (χ4v) is 7.21. The van der Waals surface area contributed by atoms with Gasteiger partial charge in [0.05, 0.1) is 30.8 Å². The smallest absolute Gasteiger partial charge is 0.407 e. The predicted molar refractivity (Wildman–Crippen MR) is 165 cm³/mol. The van der Waals surface area contributed by atoms with Gasteiger partial charge < -0.3 is 29.4 Å². The van der Waals surface area contributed by atoms with E-state index in [2.05, 4.69) is 64.2 Å². The molecule has 1 N–H and O–H groups in total. The zero-order chi connectivity index (χ0) is 29.5. The van der Waals surface area contributed by atoms with Crippen molar-refractivity contribution in [2.75, 3.05) is 56.2 Å². The molecule has 2 aromatic carbocycles. The third-order valence-corrected chi connectivity index (χ3v) is 9.73. The molecule has 10 nitrogen and oxygen atoms in total. The van der Waals surface area contributed by atoms with Crippen molar-refractivity contribution in [1.29, 1.82) is 5.26 Å². The normalized spacial score (nSPS) is 22.5. The number of amides is 1. The summed E-state index contributed by atoms with van der Waals surface area (Å²) in [5.41, 5.74) is 4.77. The summed E-state index contributed by atoms with van der Waals surface area (Å²) in [6.07, 6.45) is 4.71. The van der Waals surface area contributed by atoms with Crippen LogP contribution in [0, 0.1) is 11.3 Å². The monoisotopic (exact) mass is 581 g/mol. The molecular formula is C33H39N7O3. The number of ether oxygens (including phenoxy) is 1. The summed E-state index contributed by atoms with van der Waals surface area (Å²) in [4.78, 5) is 30.2. The second kappa shape index (κ2) is 11.5. The van der Waals surface area contributed by atoms with Crippen LogP contribution in [-0.2, 0) is 13.0 Å². The summed E-state index contributed by atoms with van der Waals surface area (Å²) in [7, 11) is 2.13. The van der Waals surface area contributed by atoms with Crippen molar-refractivity contribution in [2.45, 2.75) is 63.1 Å². The quantitative estimate of drug-likeness (QED) is 0.427. The van der Waals surface area contributed by atoms with Crippen molar-refractivity contribution in [3.8, 4) is 12.1 Å². The average Bonchev–Trinajstić information content (AvgIpc) is 3.79. The van der Waals surface area contributed by atoms with Crippen molar-refractivity contribution in [3.63, 3.8) is 0 Å². The number of likely N-dealkylation sites (N-methyl/N-ethyl adjacent to an activating group) is 1. The van der Waals surface area contributed by atoms with E-state index in [-0.39, 0.29) is 6.42 Å². The van der Waals surface area contributed by atoms with Crippen LogP contribution in [0.4, 0.5) is 16.3 Å². The molecule has 224 valence electrons. The number of carboxylic acid groups (broad SMARTS) is 1. The SMILES string of the molecule is CN1CCC[C@H]1COc1nc2c(c(N3CCN(C(=O)O)[C@@H](CC#N)C3)n1)CCN(c1cccc3cccc(C4CC4)c13)C2. The first-order valence-corrected chi connectivity index (χ1v) is 15.6. The molecule has 7 rings (SSSR count). The van der Waals surface area contributed by atoms with Crippen LogP contribution in [0.15, 0.2) is 36.4 Å². The second-order valence-corrected chi connectivity index (χ2v) is 12.4. The van der Waals surface area contributed by atoms with E-state index in [1.54, 1.807) is 0 Å². The largest absolute Gasteiger partial charge is 0.465 e. The van der Waals surface area contributed by atoms with Gasteiger partial charge in [-0.2, -0.15) is 15.2 Å². The number of likely N-dealkylation sites (tertiary alicyclic amines) is 1. The van der Waals surface area contributed by atoms with Gasteiger partial charge in [-0.25, -0.2) is 4.79 Å². The van der Waals surface area contributed by atoms with Crippen molar-refractivity contribution >= 4 is 28.4 Å². The first-order valence-electron chi connectivity index (χ1n) is 15.6. The molecule has 0 unspecified atom stereocenters. The molecule has 0 bridgehead atoms. The van der Waals surface area contributed by atoms with Crippen molar-refractivity contribution < 1.29 is 14.6 Å². The summed E-state index contributed by atoms with van der Waals surface area (Å²) in [6, 6.07) is 15.8. The third-order valence-electron chi connectivity index (χ3n) is 9.73. The number of piperazine rings is 1. The molecule has 3 aromatic rings. The van der Waals surface area contributed by atoms with Crippen LogP contribution in [-0.4, -0.2) is 89.4 Å². The zero-order valence-corrected chi connectivity index (χ0v) is 24.8. The molecule has 10 heteroatoms. The number of hydrogen-bond acceptors (Lipinski definition) is 8. The van der Waals surface area contributed by atoms with Crippen LogP contribution in [0.2, 0.25) is 0 Å². The van der Waals surface area contributed by atoms with E-state index < -0.39 is 12.1 Å². The Hall–Kier alpha value is -4.10. The highest BCUT2D eigenvalue weighted by atomic mass is 16.5. The van der Waals surface area contributed by atoms with Gasteiger partial charge in [-0.3, -0.25) is 0 Å². The lowest BCUT2D eigenvalue weighted by molar-refractivity contribution is 0.119. The van der Waals surface area contributed by atoms with Crippen LogP contribution >= 0.6 is 0 Å². The highest BCUT2D eigenvalue weighted by Crippen LogP contribution is 2.46. The number of fused-ring (bicyclic) bond motifs is 2. The maximum atomic E-state index is 11.9. The molecular weight excluding hydrogens is 542 g/mol. The molecule has 2 saturated heterocycles. The summed E-state index contributed by atoms with van der Waals surface area (Å²) in [6.45, 7) is 4.37. The van der Waals surface area contributed by atoms with E-state index in [1.165, 1.54) is 39.8 Å². The van der Waals surface area contributed by atoms with Crippen molar-refractivity contribution in [1.82, 2.24) is 19.8 Å². The first-order chi connectivity index (χ1) is 21.0. The van der Waals surface area contributed by atoms with Crippen LogP contribution in [0.3, 0.4) is 0 Å². The molecule has 2 atom stereocenters. The minimum Gasteiger partial charge on any atom is -0.465 e. The number of hydrogen-bond donors (Lipinski definition) is 1. The van der Waals surface area contributed by atoms with Gasteiger partial charge in [0.25, 0.3) is 0 Å². The molecule has 3 fully saturated rings. The second-order valence-electron chi connectivity index (χ2n) is 12.4. The fraction of sp³-hybridized carbons (Fsp3) is 0.515. The molecule has 4 heterocycles. The Labute approximate surface area is 252 Å². The predicted octanol–water partition coefficient (Wildman–Crippen LogP) is 4.63. The van der Waals surface area contributed by atoms with Crippen molar-refractivity contribution in [3.05, 3.63) is 53.2 Å². The fourth-order valence-electron chi connectivity index (χ4n) is 7.21. The standard InChI is InChI=1S/C33H39N7O3/c1-37-15-4-7-25(37)21-43-32-35-28-20-38(29-9-3-6-23-5-2-8-26(30(23)29)22-10-11-22)16-13-27(28)31(36-32)39-17-18-40(33(41)42)24(19-39)12-14-34/h2-3,5-6,8-9,22,24-25H,4,7,10-13,15-21H2,1H3,(H,41,42)/t24-,25-/m0/s1. The Kier molecular flexibility index (Phi) is 7.43. The summed E-state index contributed by atoms with van der Waals surface area (Å²) in [5.74, 6) is 1.47. The highest BCUT2D eigenvalue weighted by Gasteiger charge is 2.35. The number of nitriles is 1. The number of aromatic nitrogens is 2. The molecule has 1 aliphatic carbocycles. The van der Waals surface area contributed by atoms with E-state index in [1.807, 2.05) is 0 Å². The Morgan fingerprint density at radius 1 is 1.05 bits per heavy atom. The van der Waals surface area contributed by atoms with Gasteiger partial charge in [0, 0.05) is 48.9 Å². The van der Waals surface area contributed by atoms with E-state index in [0.29, 0.717) is 50.8 Å². The molecule has 1 amide bonds. The van der Waals surface area contributed by atoms with Gasteiger partial charge in [-0.1, -0.05) is 30.3 Å². The van der Waals surface area contributed by atoms with Crippen LogP contribution < -0.4 is 14.5 Å². The molecule has 1 aromatic heterocycles. The number of nitrogens with zero attached hydrogens (tertiary/aromatic N) is 7. The molecule has 0 radical (unpaired) electrons. The summed E-state index contributed by atoms with van der Waals surface area (Å²) >= 11 is 0. The summed E-state index contributed by atoms with van der Waals surface area (Å²) in [5, 5.41) is 21.8. The number of carbonyl (C=O) groups is 1. The van der Waals surface area contributed by atoms with E-state index in [4.69, 9.17) is 14.7 Å². The number of anilines is 2. The lowest BCUT2D eigenvalue weighted by atomic mass is 9.97. The Morgan fingerprint density at radius 2 is 1.88 bits per heavy atom.